The quantitative estimate of drug-likeness (QED) is 0.333. The van der Waals surface area contributed by atoms with Crippen LogP contribution in [-0.4, -0.2) is 53.5 Å². The second-order valence-corrected chi connectivity index (χ2v) is 7.48. The first kappa shape index (κ1) is 24.8. The molecule has 0 aliphatic rings. The molecule has 4 unspecified atom stereocenters. The second-order valence-electron chi connectivity index (χ2n) is 7.48. The highest BCUT2D eigenvalue weighted by Gasteiger charge is 2.32. The number of hydrogen-bond acceptors (Lipinski definition) is 5. The number of carboxylic acids is 1. The lowest BCUT2D eigenvalue weighted by Crippen LogP contribution is -2.59. The molecule has 6 N–H and O–H groups in total. The molecular weight excluding hydrogens is 352 g/mol. The van der Waals surface area contributed by atoms with Crippen LogP contribution in [0.2, 0.25) is 0 Å². The first-order valence-electron chi connectivity index (χ1n) is 9.28. The summed E-state index contributed by atoms with van der Waals surface area (Å²) in [5, 5.41) is 16.3. The average Bonchev–Trinajstić information content (AvgIpc) is 2.59. The van der Waals surface area contributed by atoms with Crippen LogP contribution in [0.4, 0.5) is 0 Å². The number of aliphatic carboxylic acids is 1. The highest BCUT2D eigenvalue weighted by atomic mass is 16.4. The third-order valence-electron chi connectivity index (χ3n) is 4.47. The Labute approximate surface area is 160 Å². The highest BCUT2D eigenvalue weighted by molar-refractivity contribution is 5.94. The number of amides is 3. The maximum Gasteiger partial charge on any atom is 0.322 e. The number of rotatable bonds is 11. The van der Waals surface area contributed by atoms with Crippen LogP contribution >= 0.6 is 0 Å². The number of hydrogen-bond donors (Lipinski definition) is 5. The largest absolute Gasteiger partial charge is 0.480 e. The molecule has 0 spiro atoms. The first-order valence-corrected chi connectivity index (χ1v) is 9.28. The number of carbonyl (C=O) groups excluding carboxylic acids is 3. The Kier molecular flexibility index (Phi) is 10.6. The smallest absolute Gasteiger partial charge is 0.322 e. The van der Waals surface area contributed by atoms with E-state index in [2.05, 4.69) is 16.0 Å². The van der Waals surface area contributed by atoms with Crippen LogP contribution in [0.3, 0.4) is 0 Å². The van der Waals surface area contributed by atoms with Crippen molar-refractivity contribution in [2.24, 2.45) is 23.5 Å². The predicted molar refractivity (Wildman–Crippen MR) is 102 cm³/mol. The fourth-order valence-electron chi connectivity index (χ4n) is 2.30. The molecule has 0 aromatic rings. The Hall–Kier alpha value is -2.16. The van der Waals surface area contributed by atoms with Crippen LogP contribution in [0.5, 0.6) is 0 Å². The summed E-state index contributed by atoms with van der Waals surface area (Å²) in [5.74, 6) is -3.23. The Morgan fingerprint density at radius 2 is 1.37 bits per heavy atom. The summed E-state index contributed by atoms with van der Waals surface area (Å²) in [6.07, 6.45) is 0.600. The lowest BCUT2D eigenvalue weighted by Gasteiger charge is -2.28. The lowest BCUT2D eigenvalue weighted by atomic mass is 9.96. The van der Waals surface area contributed by atoms with Gasteiger partial charge in [0.25, 0.3) is 0 Å². The van der Waals surface area contributed by atoms with Gasteiger partial charge in [-0.05, 0) is 17.8 Å². The summed E-state index contributed by atoms with van der Waals surface area (Å²) < 4.78 is 0. The summed E-state index contributed by atoms with van der Waals surface area (Å²) in [6.45, 7) is 10.3. The van der Waals surface area contributed by atoms with Crippen molar-refractivity contribution in [2.45, 2.75) is 66.1 Å². The minimum absolute atomic E-state index is 0.0875. The van der Waals surface area contributed by atoms with Gasteiger partial charge in [0.15, 0.2) is 0 Å². The highest BCUT2D eigenvalue weighted by Crippen LogP contribution is 2.11. The number of nitrogens with two attached hydrogens (primary N) is 1. The zero-order chi connectivity index (χ0) is 21.3. The first-order chi connectivity index (χ1) is 12.4. The molecule has 156 valence electrons. The van der Waals surface area contributed by atoms with E-state index in [1.54, 1.807) is 34.6 Å². The van der Waals surface area contributed by atoms with Crippen LogP contribution in [0.25, 0.3) is 0 Å². The van der Waals surface area contributed by atoms with E-state index in [1.165, 1.54) is 0 Å². The number of nitrogens with one attached hydrogen (secondary N) is 3. The molecular formula is C18H34N4O5. The van der Waals surface area contributed by atoms with Crippen molar-refractivity contribution in [1.82, 2.24) is 16.0 Å². The minimum atomic E-state index is -1.17. The van der Waals surface area contributed by atoms with Gasteiger partial charge in [-0.2, -0.15) is 0 Å². The summed E-state index contributed by atoms with van der Waals surface area (Å²) in [6, 6.07) is -2.51. The Bertz CT molecular complexity index is 536. The summed E-state index contributed by atoms with van der Waals surface area (Å²) in [4.78, 5) is 47.9. The molecule has 9 heteroatoms. The van der Waals surface area contributed by atoms with E-state index in [-0.39, 0.29) is 17.8 Å². The van der Waals surface area contributed by atoms with Crippen molar-refractivity contribution < 1.29 is 24.3 Å². The van der Waals surface area contributed by atoms with Gasteiger partial charge in [0.1, 0.15) is 18.6 Å². The molecule has 0 aromatic heterocycles. The van der Waals surface area contributed by atoms with Gasteiger partial charge in [-0.1, -0.05) is 48.0 Å². The summed E-state index contributed by atoms with van der Waals surface area (Å²) >= 11 is 0. The van der Waals surface area contributed by atoms with Crippen LogP contribution in [0.15, 0.2) is 0 Å². The molecule has 0 radical (unpaired) electrons. The number of carboxylic acid groups (broad SMARTS) is 1. The maximum atomic E-state index is 12.7. The van der Waals surface area contributed by atoms with Crippen LogP contribution in [0.1, 0.15) is 48.0 Å². The van der Waals surface area contributed by atoms with Gasteiger partial charge in [-0.3, -0.25) is 19.2 Å². The number of carbonyl (C=O) groups is 4. The Morgan fingerprint density at radius 3 is 1.78 bits per heavy atom. The van der Waals surface area contributed by atoms with E-state index in [0.717, 1.165) is 0 Å². The van der Waals surface area contributed by atoms with Crippen LogP contribution in [0, 0.1) is 17.8 Å². The molecule has 0 heterocycles. The van der Waals surface area contributed by atoms with Crippen molar-refractivity contribution in [3.05, 3.63) is 0 Å². The van der Waals surface area contributed by atoms with Crippen molar-refractivity contribution >= 4 is 23.7 Å². The molecule has 27 heavy (non-hydrogen) atoms. The molecule has 0 fully saturated rings. The molecule has 0 aromatic carbocycles. The van der Waals surface area contributed by atoms with E-state index < -0.39 is 48.4 Å². The molecule has 3 amide bonds. The molecule has 0 saturated carbocycles. The Balaban J connectivity index is 5.24. The average molecular weight is 386 g/mol. The van der Waals surface area contributed by atoms with Gasteiger partial charge in [0.05, 0.1) is 6.04 Å². The predicted octanol–water partition coefficient (Wildman–Crippen LogP) is -0.158. The third-order valence-corrected chi connectivity index (χ3v) is 4.47. The molecule has 0 aliphatic carbocycles. The minimum Gasteiger partial charge on any atom is -0.480 e. The SMILES string of the molecule is CCC(C)C(NC(=O)C(NC(=O)C(N)C(C)C)C(C)C)C(=O)NCC(=O)O. The van der Waals surface area contributed by atoms with E-state index >= 15 is 0 Å². The zero-order valence-electron chi connectivity index (χ0n) is 17.0. The van der Waals surface area contributed by atoms with Gasteiger partial charge in [0, 0.05) is 0 Å². The van der Waals surface area contributed by atoms with Crippen LogP contribution < -0.4 is 21.7 Å². The molecule has 0 bridgehead atoms. The fourth-order valence-corrected chi connectivity index (χ4v) is 2.30. The van der Waals surface area contributed by atoms with E-state index in [4.69, 9.17) is 10.8 Å². The third kappa shape index (κ3) is 8.38. The van der Waals surface area contributed by atoms with Crippen molar-refractivity contribution in [2.75, 3.05) is 6.54 Å². The topological polar surface area (TPSA) is 151 Å². The maximum absolute atomic E-state index is 12.7. The van der Waals surface area contributed by atoms with Crippen LogP contribution in [-0.2, 0) is 19.2 Å². The van der Waals surface area contributed by atoms with E-state index in [0.29, 0.717) is 6.42 Å². The van der Waals surface area contributed by atoms with Crippen molar-refractivity contribution in [1.29, 1.82) is 0 Å². The zero-order valence-corrected chi connectivity index (χ0v) is 17.0. The lowest BCUT2D eigenvalue weighted by molar-refractivity contribution is -0.139. The van der Waals surface area contributed by atoms with Gasteiger partial charge in [0.2, 0.25) is 17.7 Å². The van der Waals surface area contributed by atoms with Gasteiger partial charge in [-0.25, -0.2) is 0 Å². The fraction of sp³-hybridized carbons (Fsp3) is 0.778. The van der Waals surface area contributed by atoms with Gasteiger partial charge in [-0.15, -0.1) is 0 Å². The molecule has 9 nitrogen and oxygen atoms in total. The summed E-state index contributed by atoms with van der Waals surface area (Å²) in [7, 11) is 0. The Morgan fingerprint density at radius 1 is 0.852 bits per heavy atom. The normalized spacial score (nSPS) is 15.6. The summed E-state index contributed by atoms with van der Waals surface area (Å²) in [5.41, 5.74) is 5.83. The monoisotopic (exact) mass is 386 g/mol. The molecule has 0 aliphatic heterocycles. The van der Waals surface area contributed by atoms with Crippen molar-refractivity contribution in [3.63, 3.8) is 0 Å². The van der Waals surface area contributed by atoms with Crippen molar-refractivity contribution in [3.8, 4) is 0 Å². The van der Waals surface area contributed by atoms with E-state index in [9.17, 15) is 19.2 Å². The second kappa shape index (κ2) is 11.5. The molecule has 0 saturated heterocycles. The van der Waals surface area contributed by atoms with E-state index in [1.807, 2.05) is 6.92 Å². The van der Waals surface area contributed by atoms with Gasteiger partial charge >= 0.3 is 5.97 Å². The molecule has 0 rings (SSSR count). The molecule has 4 atom stereocenters. The van der Waals surface area contributed by atoms with Gasteiger partial charge < -0.3 is 26.8 Å². The standard InChI is InChI=1S/C18H34N4O5/c1-7-11(6)15(17(26)20-8-12(23)24)22-18(27)14(10(4)5)21-16(25)13(19)9(2)3/h9-11,13-15H,7-8,19H2,1-6H3,(H,20,26)(H,21,25)(H,22,27)(H,23,24).